The fraction of sp³-hybridized carbons (Fsp3) is 0.267. The molecule has 3 nitrogen and oxygen atoms in total. The summed E-state index contributed by atoms with van der Waals surface area (Å²) in [5.41, 5.74) is 3.35. The minimum Gasteiger partial charge on any atom is -0.325 e. The Bertz CT molecular complexity index is 536. The van der Waals surface area contributed by atoms with Crippen LogP contribution in [0.1, 0.15) is 18.1 Å². The van der Waals surface area contributed by atoms with Crippen LogP contribution in [0.25, 0.3) is 0 Å². The first-order chi connectivity index (χ1) is 9.16. The van der Waals surface area contributed by atoms with Crippen molar-refractivity contribution in [3.63, 3.8) is 0 Å². The number of carbonyl (C=O) groups excluding carboxylic acids is 1. The highest BCUT2D eigenvalue weighted by atomic mass is 32.1. The van der Waals surface area contributed by atoms with Crippen LogP contribution in [-0.2, 0) is 11.3 Å². The first kappa shape index (κ1) is 13.8. The van der Waals surface area contributed by atoms with Crippen LogP contribution >= 0.6 is 11.3 Å². The van der Waals surface area contributed by atoms with Gasteiger partial charge in [-0.3, -0.25) is 4.79 Å². The molecule has 1 heterocycles. The molecule has 1 unspecified atom stereocenters. The third-order valence-corrected chi connectivity index (χ3v) is 3.91. The number of nitrogens with one attached hydrogen (secondary N) is 2. The van der Waals surface area contributed by atoms with Crippen LogP contribution in [0.3, 0.4) is 0 Å². The molecule has 0 spiro atoms. The number of para-hydroxylation sites is 1. The Labute approximate surface area is 117 Å². The highest BCUT2D eigenvalue weighted by Gasteiger charge is 2.12. The van der Waals surface area contributed by atoms with Crippen LogP contribution in [0, 0.1) is 6.92 Å². The maximum absolute atomic E-state index is 12.0. The number of thiophene rings is 1. The molecule has 0 fully saturated rings. The third kappa shape index (κ3) is 3.91. The van der Waals surface area contributed by atoms with Gasteiger partial charge in [0.05, 0.1) is 6.04 Å². The van der Waals surface area contributed by atoms with E-state index in [1.165, 1.54) is 11.1 Å². The maximum atomic E-state index is 12.0. The summed E-state index contributed by atoms with van der Waals surface area (Å²) in [7, 11) is 0. The van der Waals surface area contributed by atoms with Crippen LogP contribution in [0.4, 0.5) is 5.69 Å². The number of hydrogen-bond acceptors (Lipinski definition) is 3. The van der Waals surface area contributed by atoms with Crippen molar-refractivity contribution in [3.8, 4) is 0 Å². The molecule has 0 aliphatic rings. The van der Waals surface area contributed by atoms with Crippen molar-refractivity contribution in [1.82, 2.24) is 5.32 Å². The molecule has 0 aliphatic heterocycles. The molecule has 4 heteroatoms. The van der Waals surface area contributed by atoms with Crippen LogP contribution < -0.4 is 10.6 Å². The molecule has 19 heavy (non-hydrogen) atoms. The molecular weight excluding hydrogens is 256 g/mol. The highest BCUT2D eigenvalue weighted by molar-refractivity contribution is 7.08. The van der Waals surface area contributed by atoms with Gasteiger partial charge in [0.2, 0.25) is 5.91 Å². The number of benzene rings is 1. The van der Waals surface area contributed by atoms with Crippen molar-refractivity contribution in [3.05, 3.63) is 52.2 Å². The summed E-state index contributed by atoms with van der Waals surface area (Å²) in [6.45, 7) is 4.68. The summed E-state index contributed by atoms with van der Waals surface area (Å²) in [6, 6.07) is 9.28. The summed E-state index contributed by atoms with van der Waals surface area (Å²) < 4.78 is 0. The monoisotopic (exact) mass is 274 g/mol. The predicted octanol–water partition coefficient (Wildman–Crippen LogP) is 3.17. The molecule has 1 amide bonds. The van der Waals surface area contributed by atoms with Gasteiger partial charge in [0.15, 0.2) is 0 Å². The molecule has 2 rings (SSSR count). The summed E-state index contributed by atoms with van der Waals surface area (Å²) in [5.74, 6) is -0.0147. The second-order valence-corrected chi connectivity index (χ2v) is 5.28. The minimum absolute atomic E-state index is 0.0147. The standard InChI is InChI=1S/C15H18N2OS/c1-11-9-19-10-13(11)8-16-12(2)15(18)17-14-6-4-3-5-7-14/h3-7,9-10,12,16H,8H2,1-2H3,(H,17,18). The topological polar surface area (TPSA) is 41.1 Å². The average molecular weight is 274 g/mol. The van der Waals surface area contributed by atoms with E-state index >= 15 is 0 Å². The van der Waals surface area contributed by atoms with Gasteiger partial charge in [0.25, 0.3) is 0 Å². The van der Waals surface area contributed by atoms with Gasteiger partial charge >= 0.3 is 0 Å². The van der Waals surface area contributed by atoms with Crippen LogP contribution in [-0.4, -0.2) is 11.9 Å². The fourth-order valence-electron chi connectivity index (χ4n) is 1.70. The van der Waals surface area contributed by atoms with E-state index in [1.54, 1.807) is 11.3 Å². The summed E-state index contributed by atoms with van der Waals surface area (Å²) in [5, 5.41) is 10.4. The molecule has 0 saturated heterocycles. The van der Waals surface area contributed by atoms with E-state index in [2.05, 4.69) is 28.3 Å². The Hall–Kier alpha value is -1.65. The van der Waals surface area contributed by atoms with E-state index in [4.69, 9.17) is 0 Å². The van der Waals surface area contributed by atoms with Gasteiger partial charge < -0.3 is 10.6 Å². The highest BCUT2D eigenvalue weighted by Crippen LogP contribution is 2.13. The summed E-state index contributed by atoms with van der Waals surface area (Å²) in [6.07, 6.45) is 0. The molecule has 0 aliphatic carbocycles. The van der Waals surface area contributed by atoms with E-state index in [9.17, 15) is 4.79 Å². The fourth-order valence-corrected chi connectivity index (χ4v) is 2.55. The minimum atomic E-state index is -0.223. The van der Waals surface area contributed by atoms with Crippen LogP contribution in [0.5, 0.6) is 0 Å². The van der Waals surface area contributed by atoms with E-state index in [0.717, 1.165) is 12.2 Å². The van der Waals surface area contributed by atoms with Gasteiger partial charge in [-0.2, -0.15) is 11.3 Å². The lowest BCUT2D eigenvalue weighted by Crippen LogP contribution is -2.37. The van der Waals surface area contributed by atoms with Gasteiger partial charge in [-0.1, -0.05) is 18.2 Å². The zero-order valence-electron chi connectivity index (χ0n) is 11.1. The van der Waals surface area contributed by atoms with E-state index in [-0.39, 0.29) is 11.9 Å². The Kier molecular flexibility index (Phi) is 4.71. The normalized spacial score (nSPS) is 12.1. The number of anilines is 1. The number of amides is 1. The van der Waals surface area contributed by atoms with Gasteiger partial charge in [0.1, 0.15) is 0 Å². The molecule has 1 aromatic heterocycles. The lowest BCUT2D eigenvalue weighted by molar-refractivity contribution is -0.117. The molecule has 2 aromatic rings. The first-order valence-electron chi connectivity index (χ1n) is 6.28. The van der Waals surface area contributed by atoms with Gasteiger partial charge in [-0.05, 0) is 47.9 Å². The SMILES string of the molecule is Cc1cscc1CNC(C)C(=O)Nc1ccccc1. The molecule has 0 saturated carbocycles. The smallest absolute Gasteiger partial charge is 0.241 e. The summed E-state index contributed by atoms with van der Waals surface area (Å²) >= 11 is 1.69. The lowest BCUT2D eigenvalue weighted by Gasteiger charge is -2.14. The Morgan fingerprint density at radius 1 is 1.26 bits per heavy atom. The Morgan fingerprint density at radius 3 is 2.63 bits per heavy atom. The predicted molar refractivity (Wildman–Crippen MR) is 80.4 cm³/mol. The van der Waals surface area contributed by atoms with Gasteiger partial charge in [-0.25, -0.2) is 0 Å². The molecule has 2 N–H and O–H groups in total. The molecule has 1 atom stereocenters. The zero-order valence-corrected chi connectivity index (χ0v) is 12.0. The quantitative estimate of drug-likeness (QED) is 0.879. The largest absolute Gasteiger partial charge is 0.325 e. The number of aryl methyl sites for hydroxylation is 1. The van der Waals surface area contributed by atoms with Gasteiger partial charge in [-0.15, -0.1) is 0 Å². The van der Waals surface area contributed by atoms with E-state index in [1.807, 2.05) is 37.3 Å². The van der Waals surface area contributed by atoms with Crippen molar-refractivity contribution < 1.29 is 4.79 Å². The first-order valence-corrected chi connectivity index (χ1v) is 7.22. The van der Waals surface area contributed by atoms with E-state index in [0.29, 0.717) is 0 Å². The van der Waals surface area contributed by atoms with Crippen molar-refractivity contribution in [2.45, 2.75) is 26.4 Å². The molecule has 100 valence electrons. The number of rotatable bonds is 5. The number of hydrogen-bond donors (Lipinski definition) is 2. The van der Waals surface area contributed by atoms with Crippen molar-refractivity contribution >= 4 is 22.9 Å². The zero-order chi connectivity index (χ0) is 13.7. The lowest BCUT2D eigenvalue weighted by atomic mass is 10.2. The molecule has 0 bridgehead atoms. The molecule has 0 radical (unpaired) electrons. The van der Waals surface area contributed by atoms with Crippen LogP contribution in [0.15, 0.2) is 41.1 Å². The van der Waals surface area contributed by atoms with Crippen LogP contribution in [0.2, 0.25) is 0 Å². The van der Waals surface area contributed by atoms with Crippen molar-refractivity contribution in [2.75, 3.05) is 5.32 Å². The van der Waals surface area contributed by atoms with E-state index < -0.39 is 0 Å². The number of carbonyl (C=O) groups is 1. The molecule has 1 aromatic carbocycles. The van der Waals surface area contributed by atoms with Gasteiger partial charge in [0, 0.05) is 12.2 Å². The maximum Gasteiger partial charge on any atom is 0.241 e. The second kappa shape index (κ2) is 6.50. The Morgan fingerprint density at radius 2 is 2.00 bits per heavy atom. The summed E-state index contributed by atoms with van der Waals surface area (Å²) in [4.78, 5) is 12.0. The van der Waals surface area contributed by atoms with Crippen molar-refractivity contribution in [2.24, 2.45) is 0 Å². The van der Waals surface area contributed by atoms with Crippen molar-refractivity contribution in [1.29, 1.82) is 0 Å². The Balaban J connectivity index is 1.84. The molecular formula is C15H18N2OS. The third-order valence-electron chi connectivity index (χ3n) is 2.99. The average Bonchev–Trinajstić information content (AvgIpc) is 2.82. The second-order valence-electron chi connectivity index (χ2n) is 4.54.